The zero-order valence-corrected chi connectivity index (χ0v) is 13.9. The number of carbonyl (C=O) groups excluding carboxylic acids is 1. The van der Waals surface area contributed by atoms with E-state index in [1.807, 2.05) is 12.1 Å². The van der Waals surface area contributed by atoms with E-state index in [9.17, 15) is 4.79 Å². The molecule has 1 amide bonds. The fourth-order valence-electron chi connectivity index (χ4n) is 1.72. The van der Waals surface area contributed by atoms with Gasteiger partial charge in [0.15, 0.2) is 0 Å². The molecular formula is C15H18ClN3O2S. The van der Waals surface area contributed by atoms with Crippen molar-refractivity contribution in [2.75, 3.05) is 12.3 Å². The molecule has 118 valence electrons. The van der Waals surface area contributed by atoms with Gasteiger partial charge in [-0.05, 0) is 30.7 Å². The lowest BCUT2D eigenvalue weighted by molar-refractivity contribution is -0.118. The predicted molar refractivity (Wildman–Crippen MR) is 88.8 cm³/mol. The lowest BCUT2D eigenvalue weighted by atomic mass is 10.2. The maximum absolute atomic E-state index is 11.6. The van der Waals surface area contributed by atoms with Gasteiger partial charge in [-0.1, -0.05) is 30.1 Å². The van der Waals surface area contributed by atoms with Gasteiger partial charge >= 0.3 is 0 Å². The van der Waals surface area contributed by atoms with Crippen molar-refractivity contribution < 1.29 is 9.32 Å². The standard InChI is InChI=1S/C15H18ClN3O2S/c1-2-3-8-17-13(20)9-22-10-14-18-15(19-21-14)11-4-6-12(16)7-5-11/h4-7H,2-3,8-10H2,1H3,(H,17,20). The molecule has 0 aliphatic rings. The Morgan fingerprint density at radius 1 is 1.36 bits per heavy atom. The van der Waals surface area contributed by atoms with Crippen molar-refractivity contribution in [1.29, 1.82) is 0 Å². The first-order valence-electron chi connectivity index (χ1n) is 7.12. The van der Waals surface area contributed by atoms with Crippen molar-refractivity contribution >= 4 is 29.3 Å². The fourth-order valence-corrected chi connectivity index (χ4v) is 2.52. The predicted octanol–water partition coefficient (Wildman–Crippen LogP) is 3.54. The van der Waals surface area contributed by atoms with Gasteiger partial charge in [-0.2, -0.15) is 4.98 Å². The van der Waals surface area contributed by atoms with Crippen molar-refractivity contribution in [1.82, 2.24) is 15.5 Å². The van der Waals surface area contributed by atoms with Gasteiger partial charge in [0, 0.05) is 17.1 Å². The molecule has 0 saturated heterocycles. The average Bonchev–Trinajstić information content (AvgIpc) is 2.97. The number of hydrogen-bond donors (Lipinski definition) is 1. The minimum Gasteiger partial charge on any atom is -0.355 e. The second kappa shape index (κ2) is 8.80. The third kappa shape index (κ3) is 5.35. The van der Waals surface area contributed by atoms with Gasteiger partial charge in [-0.25, -0.2) is 0 Å². The summed E-state index contributed by atoms with van der Waals surface area (Å²) in [6.07, 6.45) is 2.08. The molecule has 1 aromatic heterocycles. The molecule has 1 N–H and O–H groups in total. The van der Waals surface area contributed by atoms with Crippen LogP contribution in [0.15, 0.2) is 28.8 Å². The molecule has 1 aromatic carbocycles. The SMILES string of the molecule is CCCCNC(=O)CSCc1nc(-c2ccc(Cl)cc2)no1. The van der Waals surface area contributed by atoms with E-state index in [1.54, 1.807) is 12.1 Å². The van der Waals surface area contributed by atoms with E-state index in [4.69, 9.17) is 16.1 Å². The number of benzene rings is 1. The first-order chi connectivity index (χ1) is 10.7. The molecule has 7 heteroatoms. The van der Waals surface area contributed by atoms with Crippen molar-refractivity contribution in [3.63, 3.8) is 0 Å². The van der Waals surface area contributed by atoms with Gasteiger partial charge in [0.05, 0.1) is 11.5 Å². The lowest BCUT2D eigenvalue weighted by Crippen LogP contribution is -2.26. The summed E-state index contributed by atoms with van der Waals surface area (Å²) in [4.78, 5) is 15.9. The topological polar surface area (TPSA) is 68.0 Å². The van der Waals surface area contributed by atoms with Gasteiger partial charge in [0.2, 0.25) is 17.6 Å². The Kier molecular flexibility index (Phi) is 6.74. The Hall–Kier alpha value is -1.53. The van der Waals surface area contributed by atoms with E-state index in [-0.39, 0.29) is 5.91 Å². The first kappa shape index (κ1) is 16.8. The Morgan fingerprint density at radius 2 is 2.14 bits per heavy atom. The van der Waals surface area contributed by atoms with E-state index in [2.05, 4.69) is 22.4 Å². The molecule has 1 heterocycles. The van der Waals surface area contributed by atoms with E-state index in [0.717, 1.165) is 24.9 Å². The van der Waals surface area contributed by atoms with Crippen LogP contribution in [0.5, 0.6) is 0 Å². The number of hydrogen-bond acceptors (Lipinski definition) is 5. The number of nitrogens with one attached hydrogen (secondary N) is 1. The van der Waals surface area contributed by atoms with Crippen LogP contribution in [0.25, 0.3) is 11.4 Å². The van der Waals surface area contributed by atoms with Gasteiger partial charge < -0.3 is 9.84 Å². The molecule has 0 fully saturated rings. The van der Waals surface area contributed by atoms with Crippen LogP contribution in [-0.4, -0.2) is 28.3 Å². The number of halogens is 1. The molecule has 2 aromatic rings. The number of rotatable bonds is 8. The quantitative estimate of drug-likeness (QED) is 0.745. The van der Waals surface area contributed by atoms with Crippen molar-refractivity contribution in [2.45, 2.75) is 25.5 Å². The van der Waals surface area contributed by atoms with Gasteiger partial charge in [0.1, 0.15) is 0 Å². The Morgan fingerprint density at radius 3 is 2.86 bits per heavy atom. The third-order valence-corrected chi connectivity index (χ3v) is 4.05. The maximum atomic E-state index is 11.6. The lowest BCUT2D eigenvalue weighted by Gasteiger charge is -2.02. The Labute approximate surface area is 138 Å². The highest BCUT2D eigenvalue weighted by Crippen LogP contribution is 2.20. The molecule has 0 unspecified atom stereocenters. The summed E-state index contributed by atoms with van der Waals surface area (Å²) in [7, 11) is 0. The van der Waals surface area contributed by atoms with Crippen LogP contribution in [-0.2, 0) is 10.5 Å². The third-order valence-electron chi connectivity index (χ3n) is 2.88. The zero-order chi connectivity index (χ0) is 15.8. The van der Waals surface area contributed by atoms with Crippen LogP contribution in [0.1, 0.15) is 25.7 Å². The highest BCUT2D eigenvalue weighted by atomic mass is 35.5. The smallest absolute Gasteiger partial charge is 0.236 e. The van der Waals surface area contributed by atoms with Crippen LogP contribution in [0, 0.1) is 0 Å². The highest BCUT2D eigenvalue weighted by Gasteiger charge is 2.09. The summed E-state index contributed by atoms with van der Waals surface area (Å²) in [5.74, 6) is 1.98. The van der Waals surface area contributed by atoms with Crippen LogP contribution in [0.4, 0.5) is 0 Å². The molecule has 5 nitrogen and oxygen atoms in total. The molecule has 0 radical (unpaired) electrons. The molecule has 0 aliphatic carbocycles. The summed E-state index contributed by atoms with van der Waals surface area (Å²) < 4.78 is 5.18. The Balaban J connectivity index is 1.78. The number of carbonyl (C=O) groups is 1. The molecule has 22 heavy (non-hydrogen) atoms. The van der Waals surface area contributed by atoms with Crippen LogP contribution >= 0.6 is 23.4 Å². The van der Waals surface area contributed by atoms with Crippen LogP contribution in [0.3, 0.4) is 0 Å². The highest BCUT2D eigenvalue weighted by molar-refractivity contribution is 7.99. The zero-order valence-electron chi connectivity index (χ0n) is 12.3. The van der Waals surface area contributed by atoms with Crippen molar-refractivity contribution in [3.8, 4) is 11.4 Å². The molecule has 0 aliphatic heterocycles. The largest absolute Gasteiger partial charge is 0.355 e. The van der Waals surface area contributed by atoms with E-state index in [1.165, 1.54) is 11.8 Å². The number of unbranched alkanes of at least 4 members (excludes halogenated alkanes) is 1. The Bertz CT molecular complexity index is 601. The minimum atomic E-state index is 0.0379. The summed E-state index contributed by atoms with van der Waals surface area (Å²) in [5, 5.41) is 7.46. The first-order valence-corrected chi connectivity index (χ1v) is 8.65. The normalized spacial score (nSPS) is 10.6. The van der Waals surface area contributed by atoms with E-state index < -0.39 is 0 Å². The van der Waals surface area contributed by atoms with Gasteiger partial charge in [-0.3, -0.25) is 4.79 Å². The number of amides is 1. The molecule has 0 saturated carbocycles. The summed E-state index contributed by atoms with van der Waals surface area (Å²) >= 11 is 7.30. The van der Waals surface area contributed by atoms with Gasteiger partial charge in [0.25, 0.3) is 0 Å². The monoisotopic (exact) mass is 339 g/mol. The summed E-state index contributed by atoms with van der Waals surface area (Å²) in [6, 6.07) is 7.24. The van der Waals surface area contributed by atoms with Crippen LogP contribution < -0.4 is 5.32 Å². The average molecular weight is 340 g/mol. The van der Waals surface area contributed by atoms with Crippen molar-refractivity contribution in [3.05, 3.63) is 35.2 Å². The van der Waals surface area contributed by atoms with Crippen LogP contribution in [0.2, 0.25) is 5.02 Å². The summed E-state index contributed by atoms with van der Waals surface area (Å²) in [5.41, 5.74) is 0.849. The van der Waals surface area contributed by atoms with Gasteiger partial charge in [-0.15, -0.1) is 11.8 Å². The second-order valence-electron chi connectivity index (χ2n) is 4.71. The number of thioether (sulfide) groups is 1. The molecule has 0 atom stereocenters. The molecule has 2 rings (SSSR count). The fraction of sp³-hybridized carbons (Fsp3) is 0.400. The number of aromatic nitrogens is 2. The maximum Gasteiger partial charge on any atom is 0.236 e. The summed E-state index contributed by atoms with van der Waals surface area (Å²) in [6.45, 7) is 2.83. The molecular weight excluding hydrogens is 322 g/mol. The molecule has 0 spiro atoms. The number of nitrogens with zero attached hydrogens (tertiary/aromatic N) is 2. The second-order valence-corrected chi connectivity index (χ2v) is 6.14. The molecule has 0 bridgehead atoms. The van der Waals surface area contributed by atoms with Crippen molar-refractivity contribution in [2.24, 2.45) is 0 Å². The van der Waals surface area contributed by atoms with E-state index >= 15 is 0 Å². The van der Waals surface area contributed by atoms with E-state index in [0.29, 0.717) is 28.2 Å². The minimum absolute atomic E-state index is 0.0379.